The number of ether oxygens (including phenoxy) is 1. The molecule has 6 nitrogen and oxygen atoms in total. The molecule has 3 rings (SSSR count). The Morgan fingerprint density at radius 2 is 2.03 bits per heavy atom. The van der Waals surface area contributed by atoms with Crippen LogP contribution in [0.1, 0.15) is 44.5 Å². The van der Waals surface area contributed by atoms with Crippen molar-refractivity contribution in [2.45, 2.75) is 33.1 Å². The molecule has 0 radical (unpaired) electrons. The molecule has 1 heterocycles. The minimum Gasteiger partial charge on any atom is -0.504 e. The van der Waals surface area contributed by atoms with E-state index in [-0.39, 0.29) is 17.2 Å². The van der Waals surface area contributed by atoms with Crippen LogP contribution >= 0.6 is 31.9 Å². The molecule has 0 spiro atoms. The lowest BCUT2D eigenvalue weighted by Crippen LogP contribution is -2.23. The third-order valence-electron chi connectivity index (χ3n) is 4.58. The Kier molecular flexibility index (Phi) is 6.74. The van der Waals surface area contributed by atoms with Crippen molar-refractivity contribution in [2.24, 2.45) is 5.10 Å². The number of rotatable bonds is 6. The Hall–Kier alpha value is -2.19. The van der Waals surface area contributed by atoms with Crippen LogP contribution in [-0.2, 0) is 0 Å². The third kappa shape index (κ3) is 4.53. The average molecular weight is 523 g/mol. The molecule has 152 valence electrons. The Balaban J connectivity index is 2.17. The number of aromatic hydroxyl groups is 1. The topological polar surface area (TPSA) is 76.7 Å². The maximum Gasteiger partial charge on any atom is 0.282 e. The van der Waals surface area contributed by atoms with Gasteiger partial charge in [-0.05, 0) is 59.6 Å². The molecular formula is C21H21Br2N3O3. The molecule has 0 amide bonds. The van der Waals surface area contributed by atoms with Crippen molar-refractivity contribution in [3.05, 3.63) is 61.0 Å². The number of aromatic nitrogens is 2. The van der Waals surface area contributed by atoms with Gasteiger partial charge in [-0.2, -0.15) is 9.78 Å². The summed E-state index contributed by atoms with van der Waals surface area (Å²) in [6, 6.07) is 8.66. The average Bonchev–Trinajstić information content (AvgIpc) is 2.70. The van der Waals surface area contributed by atoms with Gasteiger partial charge in [-0.25, -0.2) is 4.98 Å². The lowest BCUT2D eigenvalue weighted by Gasteiger charge is -2.14. The second kappa shape index (κ2) is 9.09. The van der Waals surface area contributed by atoms with Gasteiger partial charge in [0.1, 0.15) is 5.82 Å². The van der Waals surface area contributed by atoms with E-state index in [1.807, 2.05) is 32.9 Å². The van der Waals surface area contributed by atoms with Gasteiger partial charge in [-0.1, -0.05) is 29.8 Å². The lowest BCUT2D eigenvalue weighted by atomic mass is 10.1. The molecule has 3 aromatic rings. The minimum atomic E-state index is -0.234. The number of hydrogen-bond acceptors (Lipinski definition) is 5. The van der Waals surface area contributed by atoms with Gasteiger partial charge >= 0.3 is 0 Å². The summed E-state index contributed by atoms with van der Waals surface area (Å²) in [6.07, 6.45) is 2.38. The van der Waals surface area contributed by atoms with Crippen LogP contribution in [0.4, 0.5) is 0 Å². The highest BCUT2D eigenvalue weighted by molar-refractivity contribution is 9.10. The molecule has 0 bridgehead atoms. The summed E-state index contributed by atoms with van der Waals surface area (Å²) < 4.78 is 8.23. The zero-order chi connectivity index (χ0) is 21.1. The van der Waals surface area contributed by atoms with E-state index in [1.165, 1.54) is 4.68 Å². The fraction of sp³-hybridized carbons (Fsp3) is 0.286. The molecule has 0 aliphatic rings. The molecule has 0 fully saturated rings. The fourth-order valence-corrected chi connectivity index (χ4v) is 3.62. The highest BCUT2D eigenvalue weighted by Gasteiger charge is 2.16. The first-order valence-corrected chi connectivity index (χ1v) is 10.9. The van der Waals surface area contributed by atoms with E-state index >= 15 is 0 Å². The normalized spacial score (nSPS) is 12.6. The molecule has 0 saturated heterocycles. The maximum absolute atomic E-state index is 13.2. The predicted octanol–water partition coefficient (Wildman–Crippen LogP) is 5.42. The van der Waals surface area contributed by atoms with Crippen molar-refractivity contribution in [1.29, 1.82) is 0 Å². The number of benzene rings is 2. The van der Waals surface area contributed by atoms with E-state index < -0.39 is 0 Å². The molecule has 0 unspecified atom stereocenters. The van der Waals surface area contributed by atoms with Gasteiger partial charge in [-0.15, -0.1) is 0 Å². The third-order valence-corrected chi connectivity index (χ3v) is 5.76. The van der Waals surface area contributed by atoms with E-state index in [0.29, 0.717) is 39.1 Å². The van der Waals surface area contributed by atoms with Crippen LogP contribution in [0.25, 0.3) is 10.9 Å². The molecule has 0 aliphatic carbocycles. The van der Waals surface area contributed by atoms with Crippen LogP contribution in [0, 0.1) is 0 Å². The summed E-state index contributed by atoms with van der Waals surface area (Å²) in [6.45, 7) is 6.32. The van der Waals surface area contributed by atoms with Crippen LogP contribution in [0.3, 0.4) is 0 Å². The SMILES string of the molecule is CCOc1cc(C=Nn2c([C@@H](C)CC)nc3ccc(Br)cc3c2=O)c(Br)cc1O. The Bertz CT molecular complexity index is 1140. The molecule has 29 heavy (non-hydrogen) atoms. The van der Waals surface area contributed by atoms with Crippen LogP contribution in [-0.4, -0.2) is 27.6 Å². The van der Waals surface area contributed by atoms with Crippen LogP contribution in [0.5, 0.6) is 11.5 Å². The molecule has 1 aromatic heterocycles. The number of phenolic OH excluding ortho intramolecular Hbond substituents is 1. The summed E-state index contributed by atoms with van der Waals surface area (Å²) in [5.74, 6) is 1.04. The Labute approximate surface area is 185 Å². The zero-order valence-corrected chi connectivity index (χ0v) is 19.5. The number of halogens is 2. The number of nitrogens with zero attached hydrogens (tertiary/aromatic N) is 3. The summed E-state index contributed by atoms with van der Waals surface area (Å²) in [5.41, 5.74) is 1.08. The molecule has 0 saturated carbocycles. The van der Waals surface area contributed by atoms with E-state index in [0.717, 1.165) is 10.9 Å². The maximum atomic E-state index is 13.2. The minimum absolute atomic E-state index is 0.0329. The Morgan fingerprint density at radius 1 is 1.28 bits per heavy atom. The molecule has 1 atom stereocenters. The molecular weight excluding hydrogens is 502 g/mol. The summed E-state index contributed by atoms with van der Waals surface area (Å²) in [4.78, 5) is 17.9. The molecule has 8 heteroatoms. The number of hydrogen-bond donors (Lipinski definition) is 1. The number of fused-ring (bicyclic) bond motifs is 1. The van der Waals surface area contributed by atoms with Gasteiger partial charge < -0.3 is 9.84 Å². The highest BCUT2D eigenvalue weighted by atomic mass is 79.9. The smallest absolute Gasteiger partial charge is 0.282 e. The van der Waals surface area contributed by atoms with Crippen molar-refractivity contribution >= 4 is 49.0 Å². The van der Waals surface area contributed by atoms with Gasteiger partial charge in [0.15, 0.2) is 11.5 Å². The van der Waals surface area contributed by atoms with Crippen molar-refractivity contribution in [3.8, 4) is 11.5 Å². The monoisotopic (exact) mass is 521 g/mol. The lowest BCUT2D eigenvalue weighted by molar-refractivity contribution is 0.318. The van der Waals surface area contributed by atoms with Gasteiger partial charge in [-0.3, -0.25) is 4.79 Å². The first-order valence-electron chi connectivity index (χ1n) is 9.27. The van der Waals surface area contributed by atoms with Gasteiger partial charge in [0.25, 0.3) is 5.56 Å². The quantitative estimate of drug-likeness (QED) is 0.438. The van der Waals surface area contributed by atoms with Gasteiger partial charge in [0.05, 0.1) is 23.7 Å². The Morgan fingerprint density at radius 3 is 2.72 bits per heavy atom. The van der Waals surface area contributed by atoms with Crippen molar-refractivity contribution in [2.75, 3.05) is 6.61 Å². The van der Waals surface area contributed by atoms with Gasteiger partial charge in [0, 0.05) is 20.4 Å². The van der Waals surface area contributed by atoms with Crippen molar-refractivity contribution in [1.82, 2.24) is 9.66 Å². The summed E-state index contributed by atoms with van der Waals surface area (Å²) in [7, 11) is 0. The van der Waals surface area contributed by atoms with Crippen LogP contribution in [0.15, 0.2) is 49.2 Å². The van der Waals surface area contributed by atoms with Gasteiger partial charge in [0.2, 0.25) is 0 Å². The molecule has 2 aromatic carbocycles. The standard InChI is InChI=1S/C21H21Br2N3O3/c1-4-12(3)20-25-17-7-6-14(22)9-15(17)21(28)26(20)24-11-13-8-19(29-5-2)18(27)10-16(13)23/h6-12,27H,4-5H2,1-3H3/t12-/m0/s1. The van der Waals surface area contributed by atoms with Crippen LogP contribution < -0.4 is 10.3 Å². The van der Waals surface area contributed by atoms with E-state index in [4.69, 9.17) is 9.72 Å². The van der Waals surface area contributed by atoms with Crippen LogP contribution in [0.2, 0.25) is 0 Å². The van der Waals surface area contributed by atoms with E-state index in [1.54, 1.807) is 24.4 Å². The highest BCUT2D eigenvalue weighted by Crippen LogP contribution is 2.32. The second-order valence-corrected chi connectivity index (χ2v) is 8.35. The zero-order valence-electron chi connectivity index (χ0n) is 16.3. The van der Waals surface area contributed by atoms with E-state index in [9.17, 15) is 9.90 Å². The van der Waals surface area contributed by atoms with Crippen molar-refractivity contribution < 1.29 is 9.84 Å². The molecule has 1 N–H and O–H groups in total. The summed E-state index contributed by atoms with van der Waals surface area (Å²) in [5, 5.41) is 14.9. The first kappa shape index (κ1) is 21.5. The summed E-state index contributed by atoms with van der Waals surface area (Å²) >= 11 is 6.83. The fourth-order valence-electron chi connectivity index (χ4n) is 2.83. The largest absolute Gasteiger partial charge is 0.504 e. The second-order valence-electron chi connectivity index (χ2n) is 6.58. The van der Waals surface area contributed by atoms with Crippen molar-refractivity contribution in [3.63, 3.8) is 0 Å². The number of phenols is 1. The van der Waals surface area contributed by atoms with E-state index in [2.05, 4.69) is 37.0 Å². The molecule has 0 aliphatic heterocycles. The predicted molar refractivity (Wildman–Crippen MR) is 122 cm³/mol. The first-order chi connectivity index (χ1) is 13.8.